The molecule has 0 heterocycles. The van der Waals surface area contributed by atoms with Gasteiger partial charge in [-0.15, -0.1) is 0 Å². The van der Waals surface area contributed by atoms with Crippen LogP contribution in [0.25, 0.3) is 0 Å². The van der Waals surface area contributed by atoms with Crippen molar-refractivity contribution in [2.45, 2.75) is 91.9 Å². The van der Waals surface area contributed by atoms with E-state index in [9.17, 15) is 19.2 Å². The maximum atomic E-state index is 11.0. The molecule has 0 aromatic carbocycles. The molecule has 0 saturated carbocycles. The molecule has 8 nitrogen and oxygen atoms in total. The molecule has 0 unspecified atom stereocenters. The van der Waals surface area contributed by atoms with Crippen LogP contribution < -0.4 is 0 Å². The fraction of sp³-hybridized carbons (Fsp3) is 0.800. The molecule has 0 N–H and O–H groups in total. The summed E-state index contributed by atoms with van der Waals surface area (Å²) >= 11 is 0. The van der Waals surface area contributed by atoms with E-state index in [0.29, 0.717) is 26.1 Å². The van der Waals surface area contributed by atoms with Crippen LogP contribution in [0.4, 0.5) is 0 Å². The minimum atomic E-state index is -0.598. The number of hydrogen-bond donors (Lipinski definition) is 0. The second-order valence-electron chi connectivity index (χ2n) is 6.19. The van der Waals surface area contributed by atoms with E-state index < -0.39 is 11.9 Å². The van der Waals surface area contributed by atoms with Crippen LogP contribution in [0.1, 0.15) is 91.9 Å². The van der Waals surface area contributed by atoms with Crippen molar-refractivity contribution in [3.05, 3.63) is 0 Å². The van der Waals surface area contributed by atoms with E-state index >= 15 is 0 Å². The number of rotatable bonds is 16. The van der Waals surface area contributed by atoms with E-state index in [0.717, 1.165) is 38.5 Å². The van der Waals surface area contributed by atoms with E-state index in [4.69, 9.17) is 0 Å². The van der Waals surface area contributed by atoms with Crippen molar-refractivity contribution in [3.63, 3.8) is 0 Å². The van der Waals surface area contributed by atoms with Crippen molar-refractivity contribution in [3.8, 4) is 0 Å². The van der Waals surface area contributed by atoms with E-state index in [1.807, 2.05) is 27.7 Å². The van der Waals surface area contributed by atoms with Crippen LogP contribution in [-0.4, -0.2) is 36.7 Å². The second-order valence-corrected chi connectivity index (χ2v) is 6.19. The molecule has 0 aliphatic carbocycles. The number of unbranched alkanes of at least 4 members (excludes halogenated alkanes) is 2. The van der Waals surface area contributed by atoms with Gasteiger partial charge in [0.05, 0.1) is 13.2 Å². The molecule has 0 aliphatic heterocycles. The summed E-state index contributed by atoms with van der Waals surface area (Å²) in [6.45, 7) is 8.59. The summed E-state index contributed by atoms with van der Waals surface area (Å²) < 4.78 is 0. The van der Waals surface area contributed by atoms with E-state index in [1.54, 1.807) is 0 Å². The van der Waals surface area contributed by atoms with Gasteiger partial charge in [-0.3, -0.25) is 19.4 Å². The summed E-state index contributed by atoms with van der Waals surface area (Å²) in [7, 11) is 0. The van der Waals surface area contributed by atoms with Crippen molar-refractivity contribution in [1.29, 1.82) is 0 Å². The number of ketones is 2. The Morgan fingerprint density at radius 2 is 0.931 bits per heavy atom. The predicted molar refractivity (Wildman–Crippen MR) is 103 cm³/mol. The van der Waals surface area contributed by atoms with Crippen LogP contribution in [0.15, 0.2) is 0 Å². The van der Waals surface area contributed by atoms with Gasteiger partial charge in [0.2, 0.25) is 0 Å². The van der Waals surface area contributed by atoms with Gasteiger partial charge in [0.15, 0.2) is 0 Å². The Labute approximate surface area is 193 Å². The third-order valence-corrected chi connectivity index (χ3v) is 3.21. The van der Waals surface area contributed by atoms with Crippen LogP contribution in [0, 0.1) is 0 Å². The standard InChI is InChI=1S/2C10H18O4.Zr/c2*1-3-5-7-13-14-10(12)8-9(11)6-4-2;/h2*3-8H2,1-2H3;. The normalized spacial score (nSPS) is 9.52. The number of Topliss-reactive ketones (excluding diaryl/α,β-unsaturated/α-hetero) is 2. The summed E-state index contributed by atoms with van der Waals surface area (Å²) in [5.41, 5.74) is 0. The topological polar surface area (TPSA) is 105 Å². The third-order valence-electron chi connectivity index (χ3n) is 3.21. The van der Waals surface area contributed by atoms with Crippen LogP contribution in [-0.2, 0) is 64.9 Å². The van der Waals surface area contributed by atoms with Crippen molar-refractivity contribution in [2.75, 3.05) is 13.2 Å². The van der Waals surface area contributed by atoms with Crippen molar-refractivity contribution in [1.82, 2.24) is 0 Å². The van der Waals surface area contributed by atoms with Gasteiger partial charge in [0.1, 0.15) is 24.4 Å². The third kappa shape index (κ3) is 27.1. The summed E-state index contributed by atoms with van der Waals surface area (Å²) in [4.78, 5) is 61.8. The average molecular weight is 496 g/mol. The molecule has 0 aromatic rings. The van der Waals surface area contributed by atoms with Gasteiger partial charge >= 0.3 is 11.9 Å². The molecular formula is C20H36O8Zr. The second kappa shape index (κ2) is 25.1. The summed E-state index contributed by atoms with van der Waals surface area (Å²) in [6, 6.07) is 0. The molecule has 0 radical (unpaired) electrons. The first-order valence-electron chi connectivity index (χ1n) is 10.1. The summed E-state index contributed by atoms with van der Waals surface area (Å²) in [6.07, 6.45) is 5.63. The Hall–Kier alpha value is -0.917. The van der Waals surface area contributed by atoms with Gasteiger partial charge in [0, 0.05) is 39.0 Å². The molecule has 0 fully saturated rings. The van der Waals surface area contributed by atoms with Gasteiger partial charge in [0.25, 0.3) is 0 Å². The Kier molecular flexibility index (Phi) is 28.4. The fourth-order valence-electron chi connectivity index (χ4n) is 1.74. The predicted octanol–water partition coefficient (Wildman–Crippen LogP) is 4.04. The Balaban J connectivity index is -0.000000451. The Bertz CT molecular complexity index is 400. The molecule has 0 bridgehead atoms. The van der Waals surface area contributed by atoms with Gasteiger partial charge in [-0.2, -0.15) is 9.78 Å². The molecule has 0 saturated heterocycles. The average Bonchev–Trinajstić information content (AvgIpc) is 2.63. The molecule has 0 atom stereocenters. The molecule has 0 amide bonds. The molecule has 9 heteroatoms. The fourth-order valence-corrected chi connectivity index (χ4v) is 1.74. The minimum absolute atomic E-state index is 0. The van der Waals surface area contributed by atoms with E-state index in [-0.39, 0.29) is 50.6 Å². The molecule has 168 valence electrons. The number of hydrogen-bond acceptors (Lipinski definition) is 8. The van der Waals surface area contributed by atoms with E-state index in [1.165, 1.54) is 0 Å². The Morgan fingerprint density at radius 3 is 1.21 bits per heavy atom. The quantitative estimate of drug-likeness (QED) is 0.137. The van der Waals surface area contributed by atoms with Crippen molar-refractivity contribution in [2.24, 2.45) is 0 Å². The largest absolute Gasteiger partial charge is 0.349 e. The molecule has 0 aromatic heterocycles. The van der Waals surface area contributed by atoms with Crippen LogP contribution in [0.2, 0.25) is 0 Å². The van der Waals surface area contributed by atoms with Crippen molar-refractivity contribution < 1.29 is 64.9 Å². The van der Waals surface area contributed by atoms with Gasteiger partial charge in [-0.25, -0.2) is 9.59 Å². The molecule has 0 spiro atoms. The SMILES string of the molecule is CCCCOOC(=O)CC(=O)CCC.CCCCOOC(=O)CC(=O)CCC.[Zr]. The van der Waals surface area contributed by atoms with Gasteiger partial charge in [-0.05, 0) is 25.7 Å². The zero-order valence-corrected chi connectivity index (χ0v) is 20.7. The summed E-state index contributed by atoms with van der Waals surface area (Å²) in [5.74, 6) is -1.40. The summed E-state index contributed by atoms with van der Waals surface area (Å²) in [5, 5.41) is 0. The zero-order chi connectivity index (χ0) is 21.6. The van der Waals surface area contributed by atoms with Crippen LogP contribution in [0.5, 0.6) is 0 Å². The van der Waals surface area contributed by atoms with Crippen LogP contribution >= 0.6 is 0 Å². The van der Waals surface area contributed by atoms with E-state index in [2.05, 4.69) is 19.6 Å². The number of carbonyl (C=O) groups is 4. The van der Waals surface area contributed by atoms with Gasteiger partial charge in [-0.1, -0.05) is 40.5 Å². The van der Waals surface area contributed by atoms with Gasteiger partial charge < -0.3 is 0 Å². The Morgan fingerprint density at radius 1 is 0.586 bits per heavy atom. The maximum Gasteiger partial charge on any atom is 0.349 e. The maximum absolute atomic E-state index is 11.0. The zero-order valence-electron chi connectivity index (χ0n) is 18.3. The first-order valence-corrected chi connectivity index (χ1v) is 10.1. The molecule has 29 heavy (non-hydrogen) atoms. The molecule has 0 rings (SSSR count). The molecular weight excluding hydrogens is 459 g/mol. The monoisotopic (exact) mass is 494 g/mol. The minimum Gasteiger partial charge on any atom is -0.299 e. The first kappa shape index (κ1) is 32.7. The molecule has 0 aliphatic rings. The first-order chi connectivity index (χ1) is 13.4. The number of carbonyl (C=O) groups excluding carboxylic acids is 4. The smallest absolute Gasteiger partial charge is 0.299 e. The van der Waals surface area contributed by atoms with Crippen LogP contribution in [0.3, 0.4) is 0 Å². The van der Waals surface area contributed by atoms with Crippen molar-refractivity contribution >= 4 is 23.5 Å².